The lowest BCUT2D eigenvalue weighted by atomic mass is 9.66. The molecular formula is C17H17FO2. The Balaban J connectivity index is 2.14. The van der Waals surface area contributed by atoms with Gasteiger partial charge in [0.05, 0.1) is 0 Å². The first-order valence-corrected chi connectivity index (χ1v) is 6.89. The van der Waals surface area contributed by atoms with Gasteiger partial charge in [0.15, 0.2) is 0 Å². The Morgan fingerprint density at radius 3 is 2.20 bits per heavy atom. The van der Waals surface area contributed by atoms with Crippen molar-refractivity contribution >= 4 is 0 Å². The van der Waals surface area contributed by atoms with E-state index >= 15 is 0 Å². The van der Waals surface area contributed by atoms with Gasteiger partial charge in [-0.3, -0.25) is 0 Å². The van der Waals surface area contributed by atoms with Crippen LogP contribution < -0.4 is 0 Å². The van der Waals surface area contributed by atoms with Gasteiger partial charge in [0.25, 0.3) is 0 Å². The maximum Gasteiger partial charge on any atom is 0.123 e. The largest absolute Gasteiger partial charge is 0.508 e. The summed E-state index contributed by atoms with van der Waals surface area (Å²) in [5.74, 6) is -0.200. The third kappa shape index (κ3) is 1.98. The van der Waals surface area contributed by atoms with E-state index in [9.17, 15) is 14.6 Å². The van der Waals surface area contributed by atoms with E-state index in [2.05, 4.69) is 0 Å². The Morgan fingerprint density at radius 2 is 1.65 bits per heavy atom. The maximum atomic E-state index is 13.1. The Kier molecular flexibility index (Phi) is 3.22. The highest BCUT2D eigenvalue weighted by atomic mass is 19.1. The molecule has 0 spiro atoms. The molecule has 2 nitrogen and oxygen atoms in total. The molecule has 0 aliphatic heterocycles. The zero-order valence-electron chi connectivity index (χ0n) is 11.1. The van der Waals surface area contributed by atoms with Crippen molar-refractivity contribution in [3.63, 3.8) is 0 Å². The number of aromatic hydroxyl groups is 1. The molecule has 0 radical (unpaired) electrons. The van der Waals surface area contributed by atoms with Crippen molar-refractivity contribution < 1.29 is 14.6 Å². The van der Waals surface area contributed by atoms with Gasteiger partial charge in [-0.05, 0) is 42.5 Å². The average molecular weight is 272 g/mol. The minimum absolute atomic E-state index is 0.0567. The van der Waals surface area contributed by atoms with Crippen LogP contribution in [0, 0.1) is 11.7 Å². The molecule has 104 valence electrons. The predicted molar refractivity (Wildman–Crippen MR) is 74.8 cm³/mol. The number of hydrogen-bond acceptors (Lipinski definition) is 2. The van der Waals surface area contributed by atoms with Gasteiger partial charge in [-0.25, -0.2) is 4.39 Å². The van der Waals surface area contributed by atoms with E-state index in [-0.39, 0.29) is 17.5 Å². The van der Waals surface area contributed by atoms with Crippen LogP contribution in [0.1, 0.15) is 30.4 Å². The van der Waals surface area contributed by atoms with Crippen LogP contribution in [-0.2, 0) is 5.60 Å². The first-order valence-electron chi connectivity index (χ1n) is 6.89. The average Bonchev–Trinajstić information content (AvgIpc) is 2.37. The second-order valence-electron chi connectivity index (χ2n) is 5.42. The van der Waals surface area contributed by atoms with E-state index < -0.39 is 5.60 Å². The van der Waals surface area contributed by atoms with Crippen LogP contribution in [0.3, 0.4) is 0 Å². The van der Waals surface area contributed by atoms with Crippen LogP contribution in [0.4, 0.5) is 4.39 Å². The Labute approximate surface area is 117 Å². The molecule has 0 bridgehead atoms. The van der Waals surface area contributed by atoms with Crippen molar-refractivity contribution in [2.24, 2.45) is 5.92 Å². The van der Waals surface area contributed by atoms with Gasteiger partial charge in [-0.2, -0.15) is 0 Å². The molecule has 3 rings (SSSR count). The van der Waals surface area contributed by atoms with Gasteiger partial charge < -0.3 is 10.2 Å². The van der Waals surface area contributed by atoms with E-state index in [1.54, 1.807) is 36.4 Å². The normalized spacial score (nSPS) is 18.3. The Morgan fingerprint density at radius 1 is 1.00 bits per heavy atom. The summed E-state index contributed by atoms with van der Waals surface area (Å²) in [5.41, 5.74) is -0.126. The van der Waals surface area contributed by atoms with Gasteiger partial charge >= 0.3 is 0 Å². The van der Waals surface area contributed by atoms with Gasteiger partial charge in [0.1, 0.15) is 17.2 Å². The summed E-state index contributed by atoms with van der Waals surface area (Å²) in [6.07, 6.45) is 2.88. The molecule has 0 aromatic heterocycles. The van der Waals surface area contributed by atoms with Gasteiger partial charge in [0.2, 0.25) is 0 Å². The molecular weight excluding hydrogens is 255 g/mol. The van der Waals surface area contributed by atoms with Gasteiger partial charge in [0, 0.05) is 5.56 Å². The summed E-state index contributed by atoms with van der Waals surface area (Å²) in [6, 6.07) is 12.7. The monoisotopic (exact) mass is 272 g/mol. The molecule has 1 unspecified atom stereocenters. The fraction of sp³-hybridized carbons (Fsp3) is 0.294. The molecule has 1 aliphatic rings. The number of para-hydroxylation sites is 1. The second kappa shape index (κ2) is 4.91. The first kappa shape index (κ1) is 13.1. The van der Waals surface area contributed by atoms with Crippen molar-refractivity contribution in [1.29, 1.82) is 0 Å². The summed E-state index contributed by atoms with van der Waals surface area (Å²) >= 11 is 0. The van der Waals surface area contributed by atoms with Crippen molar-refractivity contribution in [2.75, 3.05) is 0 Å². The van der Waals surface area contributed by atoms with Crippen LogP contribution in [0.15, 0.2) is 48.5 Å². The van der Waals surface area contributed by atoms with E-state index in [0.717, 1.165) is 19.3 Å². The number of hydrogen-bond donors (Lipinski definition) is 2. The molecule has 0 heterocycles. The first-order chi connectivity index (χ1) is 9.62. The lowest BCUT2D eigenvalue weighted by molar-refractivity contribution is -0.0216. The van der Waals surface area contributed by atoms with Crippen LogP contribution in [0.2, 0.25) is 0 Å². The topological polar surface area (TPSA) is 40.5 Å². The number of benzene rings is 2. The van der Waals surface area contributed by atoms with E-state index in [1.807, 2.05) is 0 Å². The van der Waals surface area contributed by atoms with E-state index in [1.165, 1.54) is 12.1 Å². The van der Waals surface area contributed by atoms with Crippen molar-refractivity contribution in [3.8, 4) is 5.75 Å². The zero-order valence-corrected chi connectivity index (χ0v) is 11.1. The number of halogens is 1. The predicted octanol–water partition coefficient (Wildman–Crippen LogP) is 3.57. The van der Waals surface area contributed by atoms with Gasteiger partial charge in [-0.15, -0.1) is 0 Å². The van der Waals surface area contributed by atoms with Crippen molar-refractivity contribution in [2.45, 2.75) is 24.9 Å². The molecule has 2 aromatic rings. The number of rotatable bonds is 3. The van der Waals surface area contributed by atoms with Crippen LogP contribution >= 0.6 is 0 Å². The molecule has 1 fully saturated rings. The molecule has 0 amide bonds. The van der Waals surface area contributed by atoms with Gasteiger partial charge in [-0.1, -0.05) is 36.8 Å². The highest BCUT2D eigenvalue weighted by molar-refractivity contribution is 5.45. The van der Waals surface area contributed by atoms with Crippen LogP contribution in [0.25, 0.3) is 0 Å². The minimum Gasteiger partial charge on any atom is -0.508 e. The van der Waals surface area contributed by atoms with E-state index in [0.29, 0.717) is 11.1 Å². The number of phenolic OH excluding ortho intramolecular Hbond substituents is 1. The molecule has 2 aromatic carbocycles. The number of phenols is 1. The van der Waals surface area contributed by atoms with E-state index in [4.69, 9.17) is 0 Å². The quantitative estimate of drug-likeness (QED) is 0.896. The number of aliphatic hydroxyl groups is 1. The summed E-state index contributed by atoms with van der Waals surface area (Å²) in [5, 5.41) is 21.4. The molecule has 1 atom stereocenters. The lowest BCUT2D eigenvalue weighted by Crippen LogP contribution is -2.40. The summed E-state index contributed by atoms with van der Waals surface area (Å²) in [6.45, 7) is 0. The summed E-state index contributed by atoms with van der Waals surface area (Å²) < 4.78 is 13.1. The third-order valence-electron chi connectivity index (χ3n) is 4.29. The van der Waals surface area contributed by atoms with Crippen LogP contribution in [0.5, 0.6) is 5.75 Å². The zero-order chi connectivity index (χ0) is 14.2. The highest BCUT2D eigenvalue weighted by Crippen LogP contribution is 2.48. The summed E-state index contributed by atoms with van der Waals surface area (Å²) in [7, 11) is 0. The fourth-order valence-electron chi connectivity index (χ4n) is 2.94. The summed E-state index contributed by atoms with van der Waals surface area (Å²) in [4.78, 5) is 0. The standard InChI is InChI=1S/C17H17FO2/c18-14-10-8-13(9-11-14)17(20,12-4-3-5-12)15-6-1-2-7-16(15)19/h1-2,6-12,19-20H,3-5H2. The fourth-order valence-corrected chi connectivity index (χ4v) is 2.94. The highest BCUT2D eigenvalue weighted by Gasteiger charge is 2.44. The molecule has 1 aliphatic carbocycles. The second-order valence-corrected chi connectivity index (χ2v) is 5.42. The third-order valence-corrected chi connectivity index (χ3v) is 4.29. The SMILES string of the molecule is Oc1ccccc1C(O)(c1ccc(F)cc1)C1CCC1. The Hall–Kier alpha value is -1.87. The van der Waals surface area contributed by atoms with Crippen molar-refractivity contribution in [1.82, 2.24) is 0 Å². The lowest BCUT2D eigenvalue weighted by Gasteiger charge is -2.42. The minimum atomic E-state index is -1.25. The molecule has 20 heavy (non-hydrogen) atoms. The molecule has 0 saturated heterocycles. The van der Waals surface area contributed by atoms with Crippen molar-refractivity contribution in [3.05, 3.63) is 65.5 Å². The molecule has 1 saturated carbocycles. The molecule has 3 heteroatoms. The Bertz CT molecular complexity index is 605. The smallest absolute Gasteiger partial charge is 0.123 e. The molecule has 2 N–H and O–H groups in total. The van der Waals surface area contributed by atoms with Crippen LogP contribution in [-0.4, -0.2) is 10.2 Å². The maximum absolute atomic E-state index is 13.1.